The molecule has 0 fully saturated rings. The second-order valence-corrected chi connectivity index (χ2v) is 4.35. The van der Waals surface area contributed by atoms with Crippen LogP contribution in [0.1, 0.15) is 34.0 Å². The van der Waals surface area contributed by atoms with Gasteiger partial charge < -0.3 is 1.43 Å². The summed E-state index contributed by atoms with van der Waals surface area (Å²) in [4.78, 5) is 0. The summed E-state index contributed by atoms with van der Waals surface area (Å²) in [5.41, 5.74) is 0. The summed E-state index contributed by atoms with van der Waals surface area (Å²) in [6, 6.07) is 0. The van der Waals surface area contributed by atoms with E-state index in [2.05, 4.69) is 11.1 Å². The third kappa shape index (κ3) is 9.00. The van der Waals surface area contributed by atoms with Gasteiger partial charge in [0.25, 0.3) is 10.1 Å². The smallest absolute Gasteiger partial charge is 1.00 e. The Morgan fingerprint density at radius 2 is 1.83 bits per heavy atom. The minimum atomic E-state index is -3.20. The largest absolute Gasteiger partial charge is 1.00 e. The van der Waals surface area contributed by atoms with Gasteiger partial charge in [-0.05, 0) is 6.42 Å². The van der Waals surface area contributed by atoms with E-state index in [1.165, 1.54) is 7.11 Å². The molecule has 0 aromatic carbocycles. The van der Waals surface area contributed by atoms with Gasteiger partial charge in [0.2, 0.25) is 0 Å². The van der Waals surface area contributed by atoms with Crippen molar-refractivity contribution in [3.63, 3.8) is 0 Å². The Kier molecular flexibility index (Phi) is 10.9. The van der Waals surface area contributed by atoms with Crippen molar-refractivity contribution in [3.05, 3.63) is 0 Å². The molecule has 0 aromatic heterocycles. The molecule has 0 aliphatic rings. The molecule has 0 radical (unpaired) electrons. The fraction of sp³-hybridized carbons (Fsp3) is 1.00. The molecule has 0 rings (SSSR count). The van der Waals surface area contributed by atoms with Crippen LogP contribution >= 0.6 is 0 Å². The normalized spacial score (nSPS) is 10.8. The summed E-state index contributed by atoms with van der Waals surface area (Å²) in [7, 11) is -2.00. The predicted octanol–water partition coefficient (Wildman–Crippen LogP) is -1.34. The van der Waals surface area contributed by atoms with Crippen LogP contribution < -0.4 is 29.6 Å². The molecule has 0 heterocycles. The van der Waals surface area contributed by atoms with Gasteiger partial charge in [0.1, 0.15) is 0 Å². The fourth-order valence-electron chi connectivity index (χ4n) is 0.789. The van der Waals surface area contributed by atoms with Crippen LogP contribution in [0.5, 0.6) is 0 Å². The van der Waals surface area contributed by atoms with E-state index in [-0.39, 0.29) is 36.7 Å². The minimum absolute atomic E-state index is 0. The molecule has 0 aliphatic heterocycles. The zero-order chi connectivity index (χ0) is 8.74. The maximum atomic E-state index is 10.7. The second-order valence-electron chi connectivity index (χ2n) is 2.49. The van der Waals surface area contributed by atoms with Gasteiger partial charge in [-0.15, -0.1) is 0 Å². The number of hydrogen-bond donors (Lipinski definition) is 0. The van der Waals surface area contributed by atoms with E-state index >= 15 is 0 Å². The van der Waals surface area contributed by atoms with Crippen LogP contribution in [0, 0.1) is 0 Å². The molecule has 0 unspecified atom stereocenters. The third-order valence-corrected chi connectivity index (χ3v) is 2.80. The first-order chi connectivity index (χ1) is 5.12. The molecule has 0 spiro atoms. The monoisotopic (exact) mass is 204 g/mol. The summed E-state index contributed by atoms with van der Waals surface area (Å²) in [5.74, 6) is 0.156. The van der Waals surface area contributed by atoms with E-state index in [9.17, 15) is 8.42 Å². The Morgan fingerprint density at radius 3 is 2.25 bits per heavy atom. The molecule has 3 nitrogen and oxygen atoms in total. The van der Waals surface area contributed by atoms with Gasteiger partial charge in [-0.1, -0.05) is 26.2 Å². The molecule has 0 aliphatic carbocycles. The molecule has 12 heavy (non-hydrogen) atoms. The van der Waals surface area contributed by atoms with Gasteiger partial charge >= 0.3 is 29.6 Å². The Balaban J connectivity index is -0.000000500. The Hall–Kier alpha value is 0.910. The van der Waals surface area contributed by atoms with Crippen LogP contribution in [0.25, 0.3) is 0 Å². The molecule has 0 saturated carbocycles. The van der Waals surface area contributed by atoms with Gasteiger partial charge in [0.15, 0.2) is 0 Å². The molecule has 0 amide bonds. The average Bonchev–Trinajstić information content (AvgIpc) is 1.99. The van der Waals surface area contributed by atoms with Gasteiger partial charge in [0, 0.05) is 0 Å². The van der Waals surface area contributed by atoms with Crippen molar-refractivity contribution in [2.75, 3.05) is 12.9 Å². The topological polar surface area (TPSA) is 43.4 Å². The van der Waals surface area contributed by atoms with E-state index in [4.69, 9.17) is 0 Å². The van der Waals surface area contributed by atoms with E-state index in [1.807, 2.05) is 0 Å². The molecule has 0 saturated heterocycles. The molecule has 5 heteroatoms. The Labute approximate surface area is 98.8 Å². The summed E-state index contributed by atoms with van der Waals surface area (Å²) in [6.07, 6.45) is 3.90. The number of hydrogen-bond acceptors (Lipinski definition) is 3. The maximum Gasteiger partial charge on any atom is 1.00 e. The number of rotatable bonds is 6. The quantitative estimate of drug-likeness (QED) is 0.305. The first-order valence-electron chi connectivity index (χ1n) is 3.90. The van der Waals surface area contributed by atoms with Crippen LogP contribution in [-0.4, -0.2) is 21.3 Å². The molecule has 0 atom stereocenters. The summed E-state index contributed by atoms with van der Waals surface area (Å²) in [5, 5.41) is 0. The first kappa shape index (κ1) is 15.4. The van der Waals surface area contributed by atoms with Crippen molar-refractivity contribution in [1.82, 2.24) is 0 Å². The molecule has 0 N–H and O–H groups in total. The van der Waals surface area contributed by atoms with E-state index in [0.29, 0.717) is 6.42 Å². The fourth-order valence-corrected chi connectivity index (χ4v) is 1.51. The summed E-state index contributed by atoms with van der Waals surface area (Å²) < 4.78 is 25.8. The first-order valence-corrected chi connectivity index (χ1v) is 5.48. The summed E-state index contributed by atoms with van der Waals surface area (Å²) >= 11 is 0. The van der Waals surface area contributed by atoms with Crippen LogP contribution in [0.2, 0.25) is 0 Å². The molecular weight excluding hydrogens is 187 g/mol. The van der Waals surface area contributed by atoms with E-state index < -0.39 is 10.1 Å². The zero-order valence-electron chi connectivity index (χ0n) is 9.17. The van der Waals surface area contributed by atoms with Crippen LogP contribution in [-0.2, 0) is 14.3 Å². The SMILES string of the molecule is CCCCCCS(=O)(=O)OC.[H-].[Na+]. The molecule has 70 valence electrons. The van der Waals surface area contributed by atoms with Gasteiger partial charge in [-0.25, -0.2) is 0 Å². The second kappa shape index (κ2) is 8.51. The predicted molar refractivity (Wildman–Crippen MR) is 46.0 cm³/mol. The van der Waals surface area contributed by atoms with Crippen molar-refractivity contribution >= 4 is 10.1 Å². The van der Waals surface area contributed by atoms with Crippen molar-refractivity contribution < 1.29 is 43.6 Å². The van der Waals surface area contributed by atoms with Crippen molar-refractivity contribution in [1.29, 1.82) is 0 Å². The average molecular weight is 204 g/mol. The standard InChI is InChI=1S/C7H16O3S.Na.H/c1-3-4-5-6-7-11(8,9)10-2;;/h3-7H2,1-2H3;;/q;+1;-1. The Morgan fingerprint density at radius 1 is 1.25 bits per heavy atom. The van der Waals surface area contributed by atoms with E-state index in [0.717, 1.165) is 19.3 Å². The van der Waals surface area contributed by atoms with E-state index in [1.54, 1.807) is 0 Å². The van der Waals surface area contributed by atoms with Crippen molar-refractivity contribution in [2.45, 2.75) is 32.6 Å². The Bertz CT molecular complexity index is 182. The molecular formula is C7H17NaO3S. The number of unbranched alkanes of at least 4 members (excludes halogenated alkanes) is 3. The van der Waals surface area contributed by atoms with Crippen LogP contribution in [0.15, 0.2) is 0 Å². The van der Waals surface area contributed by atoms with Gasteiger partial charge in [0.05, 0.1) is 12.9 Å². The van der Waals surface area contributed by atoms with Crippen LogP contribution in [0.3, 0.4) is 0 Å². The zero-order valence-corrected chi connectivity index (χ0v) is 11.0. The van der Waals surface area contributed by atoms with Crippen LogP contribution in [0.4, 0.5) is 0 Å². The molecule has 0 bridgehead atoms. The minimum Gasteiger partial charge on any atom is -1.00 e. The van der Waals surface area contributed by atoms with Gasteiger partial charge in [-0.3, -0.25) is 4.18 Å². The van der Waals surface area contributed by atoms with Gasteiger partial charge in [-0.2, -0.15) is 8.42 Å². The van der Waals surface area contributed by atoms with Crippen molar-refractivity contribution in [2.24, 2.45) is 0 Å². The molecule has 0 aromatic rings. The summed E-state index contributed by atoms with van der Waals surface area (Å²) in [6.45, 7) is 2.09. The van der Waals surface area contributed by atoms with Crippen molar-refractivity contribution in [3.8, 4) is 0 Å². The maximum absolute atomic E-state index is 10.7. The third-order valence-electron chi connectivity index (χ3n) is 1.50.